The highest BCUT2D eigenvalue weighted by atomic mass is 16.2. The Balaban J connectivity index is 1.83. The zero-order chi connectivity index (χ0) is 16.5. The van der Waals surface area contributed by atoms with E-state index in [1.807, 2.05) is 50.8 Å². The minimum atomic E-state index is 0.0644. The molecule has 0 atom stereocenters. The summed E-state index contributed by atoms with van der Waals surface area (Å²) < 4.78 is 3.79. The van der Waals surface area contributed by atoms with E-state index in [2.05, 4.69) is 24.2 Å². The van der Waals surface area contributed by atoms with Gasteiger partial charge in [0, 0.05) is 25.5 Å². The first-order valence-electron chi connectivity index (χ1n) is 8.32. The van der Waals surface area contributed by atoms with Crippen molar-refractivity contribution in [2.75, 3.05) is 13.1 Å². The zero-order valence-corrected chi connectivity index (χ0v) is 13.7. The van der Waals surface area contributed by atoms with Crippen molar-refractivity contribution in [1.29, 1.82) is 0 Å². The van der Waals surface area contributed by atoms with Crippen LogP contribution in [0.2, 0.25) is 0 Å². The molecule has 1 aromatic carbocycles. The van der Waals surface area contributed by atoms with Gasteiger partial charge in [0.25, 0.3) is 5.91 Å². The van der Waals surface area contributed by atoms with Crippen LogP contribution in [0.1, 0.15) is 28.8 Å². The van der Waals surface area contributed by atoms with E-state index in [4.69, 9.17) is 0 Å². The fourth-order valence-electron chi connectivity index (χ4n) is 3.18. The van der Waals surface area contributed by atoms with Crippen molar-refractivity contribution >= 4 is 5.91 Å². The molecule has 0 radical (unpaired) electrons. The SMILES string of the molecule is Cc1ccc(-n2ncc(C(=O)N3CCCC3)c2-n2cccc2)cc1. The van der Waals surface area contributed by atoms with E-state index in [1.165, 1.54) is 5.56 Å². The molecule has 122 valence electrons. The molecule has 0 saturated carbocycles. The molecule has 0 bridgehead atoms. The van der Waals surface area contributed by atoms with E-state index in [0.29, 0.717) is 5.56 Å². The third-order valence-corrected chi connectivity index (χ3v) is 4.50. The molecule has 1 amide bonds. The molecule has 2 aromatic heterocycles. The maximum absolute atomic E-state index is 12.9. The molecule has 1 fully saturated rings. The van der Waals surface area contributed by atoms with Crippen LogP contribution in [0.4, 0.5) is 0 Å². The predicted octanol–water partition coefficient (Wildman–Crippen LogP) is 3.21. The fraction of sp³-hybridized carbons (Fsp3) is 0.263. The van der Waals surface area contributed by atoms with Gasteiger partial charge in [-0.15, -0.1) is 0 Å². The summed E-state index contributed by atoms with van der Waals surface area (Å²) in [6.07, 6.45) is 7.74. The molecule has 1 aliphatic rings. The van der Waals surface area contributed by atoms with Gasteiger partial charge in [0.1, 0.15) is 5.56 Å². The molecular weight excluding hydrogens is 300 g/mol. The summed E-state index contributed by atoms with van der Waals surface area (Å²) in [5, 5.41) is 4.51. The normalized spacial score (nSPS) is 14.3. The molecule has 4 rings (SSSR count). The topological polar surface area (TPSA) is 43.1 Å². The summed E-state index contributed by atoms with van der Waals surface area (Å²) >= 11 is 0. The summed E-state index contributed by atoms with van der Waals surface area (Å²) in [4.78, 5) is 14.8. The van der Waals surface area contributed by atoms with Crippen LogP contribution >= 0.6 is 0 Å². The lowest BCUT2D eigenvalue weighted by Crippen LogP contribution is -2.28. The molecule has 5 heteroatoms. The third-order valence-electron chi connectivity index (χ3n) is 4.50. The van der Waals surface area contributed by atoms with Crippen LogP contribution < -0.4 is 0 Å². The summed E-state index contributed by atoms with van der Waals surface area (Å²) in [5.41, 5.74) is 2.79. The van der Waals surface area contributed by atoms with Gasteiger partial charge < -0.3 is 9.47 Å². The molecule has 0 spiro atoms. The van der Waals surface area contributed by atoms with Gasteiger partial charge >= 0.3 is 0 Å². The first-order chi connectivity index (χ1) is 11.7. The smallest absolute Gasteiger partial charge is 0.259 e. The minimum absolute atomic E-state index is 0.0644. The molecule has 0 N–H and O–H groups in total. The lowest BCUT2D eigenvalue weighted by molar-refractivity contribution is 0.0793. The van der Waals surface area contributed by atoms with Crippen molar-refractivity contribution in [3.63, 3.8) is 0 Å². The van der Waals surface area contributed by atoms with E-state index < -0.39 is 0 Å². The first kappa shape index (κ1) is 14.8. The van der Waals surface area contributed by atoms with E-state index in [0.717, 1.165) is 37.4 Å². The van der Waals surface area contributed by atoms with E-state index in [-0.39, 0.29) is 5.91 Å². The standard InChI is InChI=1S/C19H20N4O/c1-15-6-8-16(9-7-15)23-18(21-10-2-3-11-21)17(14-20-23)19(24)22-12-4-5-13-22/h2-3,6-11,14H,4-5,12-13H2,1H3. The van der Waals surface area contributed by atoms with Gasteiger partial charge in [-0.25, -0.2) is 4.68 Å². The van der Waals surface area contributed by atoms with Gasteiger partial charge in [0.2, 0.25) is 0 Å². The van der Waals surface area contributed by atoms with E-state index in [1.54, 1.807) is 6.20 Å². The van der Waals surface area contributed by atoms with Crippen LogP contribution in [0.5, 0.6) is 0 Å². The number of aryl methyl sites for hydroxylation is 1. The van der Waals surface area contributed by atoms with Crippen LogP contribution in [0.15, 0.2) is 55.0 Å². The second-order valence-corrected chi connectivity index (χ2v) is 6.22. The van der Waals surface area contributed by atoms with Gasteiger partial charge in [0.05, 0.1) is 11.9 Å². The van der Waals surface area contributed by atoms with Crippen LogP contribution in [-0.2, 0) is 0 Å². The molecule has 24 heavy (non-hydrogen) atoms. The average molecular weight is 320 g/mol. The Morgan fingerprint density at radius 3 is 2.38 bits per heavy atom. The number of likely N-dealkylation sites (tertiary alicyclic amines) is 1. The second kappa shape index (κ2) is 6.00. The van der Waals surface area contributed by atoms with Gasteiger partial charge in [-0.3, -0.25) is 4.79 Å². The number of carbonyl (C=O) groups excluding carboxylic acids is 1. The van der Waals surface area contributed by atoms with E-state index >= 15 is 0 Å². The Bertz CT molecular complexity index is 840. The van der Waals surface area contributed by atoms with Crippen molar-refractivity contribution in [2.45, 2.75) is 19.8 Å². The molecule has 0 aliphatic carbocycles. The van der Waals surface area contributed by atoms with Crippen LogP contribution in [0.25, 0.3) is 11.5 Å². The Labute approximate surface area is 141 Å². The largest absolute Gasteiger partial charge is 0.338 e. The highest BCUT2D eigenvalue weighted by Gasteiger charge is 2.26. The lowest BCUT2D eigenvalue weighted by Gasteiger charge is -2.16. The number of hydrogen-bond acceptors (Lipinski definition) is 2. The van der Waals surface area contributed by atoms with Crippen molar-refractivity contribution < 1.29 is 4.79 Å². The van der Waals surface area contributed by atoms with E-state index in [9.17, 15) is 4.79 Å². The molecule has 3 heterocycles. The first-order valence-corrected chi connectivity index (χ1v) is 8.32. The third kappa shape index (κ3) is 2.52. The van der Waals surface area contributed by atoms with Crippen molar-refractivity contribution in [1.82, 2.24) is 19.2 Å². The highest BCUT2D eigenvalue weighted by molar-refractivity contribution is 5.97. The molecule has 1 saturated heterocycles. The Morgan fingerprint density at radius 1 is 1.04 bits per heavy atom. The monoisotopic (exact) mass is 320 g/mol. The fourth-order valence-corrected chi connectivity index (χ4v) is 3.18. The molecular formula is C19H20N4O. The number of rotatable bonds is 3. The summed E-state index contributed by atoms with van der Waals surface area (Å²) in [6.45, 7) is 3.72. The van der Waals surface area contributed by atoms with Crippen molar-refractivity contribution in [2.24, 2.45) is 0 Å². The van der Waals surface area contributed by atoms with Gasteiger partial charge in [-0.1, -0.05) is 17.7 Å². The lowest BCUT2D eigenvalue weighted by atomic mass is 10.2. The van der Waals surface area contributed by atoms with Gasteiger partial charge in [-0.05, 0) is 44.0 Å². The molecule has 3 aromatic rings. The quantitative estimate of drug-likeness (QED) is 0.744. The van der Waals surface area contributed by atoms with Crippen LogP contribution in [0, 0.1) is 6.92 Å². The Morgan fingerprint density at radius 2 is 1.71 bits per heavy atom. The zero-order valence-electron chi connectivity index (χ0n) is 13.7. The number of hydrogen-bond donors (Lipinski definition) is 0. The number of nitrogens with zero attached hydrogens (tertiary/aromatic N) is 4. The van der Waals surface area contributed by atoms with Crippen molar-refractivity contribution in [3.05, 3.63) is 66.1 Å². The van der Waals surface area contributed by atoms with Crippen LogP contribution in [0.3, 0.4) is 0 Å². The summed E-state index contributed by atoms with van der Waals surface area (Å²) in [5.74, 6) is 0.857. The molecule has 1 aliphatic heterocycles. The maximum Gasteiger partial charge on any atom is 0.259 e. The Hall–Kier alpha value is -2.82. The summed E-state index contributed by atoms with van der Waals surface area (Å²) in [6, 6.07) is 12.1. The average Bonchev–Trinajstić information content (AvgIpc) is 3.34. The number of aromatic nitrogens is 3. The summed E-state index contributed by atoms with van der Waals surface area (Å²) in [7, 11) is 0. The van der Waals surface area contributed by atoms with Crippen LogP contribution in [-0.4, -0.2) is 38.2 Å². The second-order valence-electron chi connectivity index (χ2n) is 6.22. The number of amides is 1. The molecule has 5 nitrogen and oxygen atoms in total. The highest BCUT2D eigenvalue weighted by Crippen LogP contribution is 2.23. The van der Waals surface area contributed by atoms with Gasteiger partial charge in [-0.2, -0.15) is 5.10 Å². The number of carbonyl (C=O) groups is 1. The molecule has 0 unspecified atom stereocenters. The predicted molar refractivity (Wildman–Crippen MR) is 92.8 cm³/mol. The van der Waals surface area contributed by atoms with Gasteiger partial charge in [0.15, 0.2) is 5.82 Å². The van der Waals surface area contributed by atoms with Crippen molar-refractivity contribution in [3.8, 4) is 11.5 Å². The minimum Gasteiger partial charge on any atom is -0.338 e. The Kier molecular flexibility index (Phi) is 3.69. The number of benzene rings is 1. The maximum atomic E-state index is 12.9.